The highest BCUT2D eigenvalue weighted by atomic mass is 16.3. The lowest BCUT2D eigenvalue weighted by molar-refractivity contribution is 0.0874. The molecular weight excluding hydrogens is 224 g/mol. The van der Waals surface area contributed by atoms with Crippen molar-refractivity contribution in [3.8, 4) is 0 Å². The van der Waals surface area contributed by atoms with Crippen molar-refractivity contribution in [3.05, 3.63) is 0 Å². The first-order valence-corrected chi connectivity index (χ1v) is 7.48. The van der Waals surface area contributed by atoms with Gasteiger partial charge in [-0.05, 0) is 45.2 Å². The smallest absolute Gasteiger partial charge is 0.0613 e. The highest BCUT2D eigenvalue weighted by Crippen LogP contribution is 2.35. The maximum absolute atomic E-state index is 9.78. The zero-order chi connectivity index (χ0) is 13.6. The number of hydrogen-bond acceptors (Lipinski definition) is 3. The fraction of sp³-hybridized carbons (Fsp3) is 1.00. The van der Waals surface area contributed by atoms with Gasteiger partial charge in [0, 0.05) is 18.6 Å². The third-order valence-electron chi connectivity index (χ3n) is 4.11. The van der Waals surface area contributed by atoms with Gasteiger partial charge in [0.25, 0.3) is 0 Å². The van der Waals surface area contributed by atoms with Crippen LogP contribution in [0, 0.1) is 11.8 Å². The normalized spacial score (nSPS) is 29.2. The Bertz CT molecular complexity index is 231. The summed E-state index contributed by atoms with van der Waals surface area (Å²) in [6, 6.07) is 0. The minimum atomic E-state index is -0.00613. The number of likely N-dealkylation sites (N-methyl/N-ethyl adjacent to an activating group) is 1. The molecule has 0 amide bonds. The molecule has 2 atom stereocenters. The lowest BCUT2D eigenvalue weighted by Gasteiger charge is -2.41. The number of rotatable bonds is 7. The van der Waals surface area contributed by atoms with Crippen LogP contribution in [0.5, 0.6) is 0 Å². The Balaban J connectivity index is 2.46. The summed E-state index contributed by atoms with van der Waals surface area (Å²) in [4.78, 5) is 2.19. The van der Waals surface area contributed by atoms with Crippen LogP contribution < -0.4 is 5.32 Å². The van der Waals surface area contributed by atoms with E-state index >= 15 is 0 Å². The Morgan fingerprint density at radius 2 is 2.11 bits per heavy atom. The van der Waals surface area contributed by atoms with Crippen molar-refractivity contribution in [2.45, 2.75) is 51.5 Å². The van der Waals surface area contributed by atoms with Crippen molar-refractivity contribution in [1.82, 2.24) is 10.2 Å². The number of hydrogen-bond donors (Lipinski definition) is 2. The highest BCUT2D eigenvalue weighted by molar-refractivity contribution is 4.93. The number of nitrogens with one attached hydrogen (secondary N) is 1. The molecule has 1 aliphatic rings. The van der Waals surface area contributed by atoms with Crippen LogP contribution in [0.4, 0.5) is 0 Å². The standard InChI is InChI=1S/C15H32N2O/c1-13(2)10-14-6-5-7-15(11-14,12-18)16-8-9-17(3)4/h13-14,16,18H,5-12H2,1-4H3. The molecule has 1 rings (SSSR count). The van der Waals surface area contributed by atoms with Gasteiger partial charge in [0.1, 0.15) is 0 Å². The van der Waals surface area contributed by atoms with Gasteiger partial charge in [0.15, 0.2) is 0 Å². The largest absolute Gasteiger partial charge is 0.394 e. The Hall–Kier alpha value is -0.120. The molecule has 3 heteroatoms. The van der Waals surface area contributed by atoms with Crippen LogP contribution in [0.25, 0.3) is 0 Å². The molecule has 0 aromatic heterocycles. The van der Waals surface area contributed by atoms with Crippen molar-refractivity contribution in [2.75, 3.05) is 33.8 Å². The SMILES string of the molecule is CC(C)CC1CCCC(CO)(NCCN(C)C)C1. The summed E-state index contributed by atoms with van der Waals surface area (Å²) in [6.45, 7) is 6.90. The minimum absolute atomic E-state index is 0.00613. The maximum Gasteiger partial charge on any atom is 0.0613 e. The summed E-state index contributed by atoms with van der Waals surface area (Å²) < 4.78 is 0. The van der Waals surface area contributed by atoms with Gasteiger partial charge in [-0.2, -0.15) is 0 Å². The molecule has 0 aromatic carbocycles. The molecule has 0 spiro atoms. The first kappa shape index (κ1) is 15.9. The first-order chi connectivity index (χ1) is 8.47. The van der Waals surface area contributed by atoms with E-state index in [9.17, 15) is 5.11 Å². The Kier molecular flexibility index (Phi) is 6.61. The van der Waals surface area contributed by atoms with Gasteiger partial charge >= 0.3 is 0 Å². The molecule has 3 nitrogen and oxygen atoms in total. The van der Waals surface area contributed by atoms with Crippen LogP contribution in [-0.2, 0) is 0 Å². The second kappa shape index (κ2) is 7.46. The first-order valence-electron chi connectivity index (χ1n) is 7.48. The molecule has 0 radical (unpaired) electrons. The molecule has 1 aliphatic carbocycles. The quantitative estimate of drug-likeness (QED) is 0.732. The van der Waals surface area contributed by atoms with E-state index in [1.54, 1.807) is 0 Å². The van der Waals surface area contributed by atoms with Crippen molar-refractivity contribution >= 4 is 0 Å². The molecule has 2 N–H and O–H groups in total. The second-order valence-electron chi connectivity index (χ2n) is 6.76. The van der Waals surface area contributed by atoms with Crippen LogP contribution in [0.1, 0.15) is 46.0 Å². The van der Waals surface area contributed by atoms with E-state index in [-0.39, 0.29) is 12.1 Å². The van der Waals surface area contributed by atoms with Crippen molar-refractivity contribution < 1.29 is 5.11 Å². The molecule has 1 saturated carbocycles. The zero-order valence-corrected chi connectivity index (χ0v) is 12.7. The zero-order valence-electron chi connectivity index (χ0n) is 12.7. The lowest BCUT2D eigenvalue weighted by atomic mass is 9.73. The summed E-state index contributed by atoms with van der Waals surface area (Å²) >= 11 is 0. The average Bonchev–Trinajstić information content (AvgIpc) is 2.28. The van der Waals surface area contributed by atoms with Gasteiger partial charge in [-0.1, -0.05) is 26.7 Å². The van der Waals surface area contributed by atoms with Gasteiger partial charge < -0.3 is 15.3 Å². The summed E-state index contributed by atoms with van der Waals surface area (Å²) in [7, 11) is 4.19. The molecule has 0 saturated heterocycles. The Labute approximate surface area is 113 Å². The van der Waals surface area contributed by atoms with Gasteiger partial charge in [-0.25, -0.2) is 0 Å². The van der Waals surface area contributed by atoms with Crippen LogP contribution in [0.2, 0.25) is 0 Å². The molecule has 0 heterocycles. The van der Waals surface area contributed by atoms with E-state index in [1.807, 2.05) is 0 Å². The predicted octanol–water partition coefficient (Wildman–Crippen LogP) is 2.10. The summed E-state index contributed by atoms with van der Waals surface area (Å²) in [5.41, 5.74) is -0.00613. The minimum Gasteiger partial charge on any atom is -0.394 e. The number of aliphatic hydroxyl groups is 1. The molecular formula is C15H32N2O. The van der Waals surface area contributed by atoms with E-state index in [4.69, 9.17) is 0 Å². The van der Waals surface area contributed by atoms with Crippen LogP contribution in [0.15, 0.2) is 0 Å². The van der Waals surface area contributed by atoms with Crippen LogP contribution in [0.3, 0.4) is 0 Å². The molecule has 1 fully saturated rings. The molecule has 0 aliphatic heterocycles. The summed E-state index contributed by atoms with van der Waals surface area (Å²) in [5.74, 6) is 1.56. The Morgan fingerprint density at radius 3 is 2.67 bits per heavy atom. The van der Waals surface area contributed by atoms with Crippen molar-refractivity contribution in [3.63, 3.8) is 0 Å². The molecule has 0 bridgehead atoms. The van der Waals surface area contributed by atoms with E-state index < -0.39 is 0 Å². The van der Waals surface area contributed by atoms with Crippen molar-refractivity contribution in [2.24, 2.45) is 11.8 Å². The topological polar surface area (TPSA) is 35.5 Å². The van der Waals surface area contributed by atoms with Crippen LogP contribution in [-0.4, -0.2) is 49.3 Å². The fourth-order valence-corrected chi connectivity index (χ4v) is 3.26. The third kappa shape index (κ3) is 5.25. The van der Waals surface area contributed by atoms with E-state index in [2.05, 4.69) is 38.2 Å². The Morgan fingerprint density at radius 1 is 1.39 bits per heavy atom. The second-order valence-corrected chi connectivity index (χ2v) is 6.76. The molecule has 108 valence electrons. The molecule has 0 aromatic rings. The van der Waals surface area contributed by atoms with Gasteiger partial charge in [-0.15, -0.1) is 0 Å². The average molecular weight is 256 g/mol. The predicted molar refractivity (Wildman–Crippen MR) is 77.8 cm³/mol. The molecule has 18 heavy (non-hydrogen) atoms. The number of nitrogens with zero attached hydrogens (tertiary/aromatic N) is 1. The van der Waals surface area contributed by atoms with Crippen LogP contribution >= 0.6 is 0 Å². The van der Waals surface area contributed by atoms with E-state index in [0.717, 1.165) is 37.8 Å². The van der Waals surface area contributed by atoms with E-state index in [1.165, 1.54) is 19.3 Å². The molecule has 2 unspecified atom stereocenters. The van der Waals surface area contributed by atoms with Crippen molar-refractivity contribution in [1.29, 1.82) is 0 Å². The summed E-state index contributed by atoms with van der Waals surface area (Å²) in [5, 5.41) is 13.4. The highest BCUT2D eigenvalue weighted by Gasteiger charge is 2.35. The maximum atomic E-state index is 9.78. The summed E-state index contributed by atoms with van der Waals surface area (Å²) in [6.07, 6.45) is 6.18. The van der Waals surface area contributed by atoms with Gasteiger partial charge in [0.2, 0.25) is 0 Å². The van der Waals surface area contributed by atoms with Gasteiger partial charge in [-0.3, -0.25) is 0 Å². The van der Waals surface area contributed by atoms with E-state index in [0.29, 0.717) is 0 Å². The third-order valence-corrected chi connectivity index (χ3v) is 4.11. The van der Waals surface area contributed by atoms with Gasteiger partial charge in [0.05, 0.1) is 6.61 Å². The fourth-order valence-electron chi connectivity index (χ4n) is 3.26. The lowest BCUT2D eigenvalue weighted by Crippen LogP contribution is -2.53. The monoisotopic (exact) mass is 256 g/mol. The number of aliphatic hydroxyl groups excluding tert-OH is 1.